The van der Waals surface area contributed by atoms with Crippen LogP contribution in [0.1, 0.15) is 5.56 Å². The molecule has 0 aliphatic carbocycles. The molecule has 0 unspecified atom stereocenters. The lowest BCUT2D eigenvalue weighted by atomic mass is 10.2. The minimum absolute atomic E-state index is 0.0866. The Balaban J connectivity index is 2.23. The standard InChI is InChI=1S/C13H13N3O4S/c1-16-8-12(14-9-16)21(19,20)15-11-4-2-3-10(7-11)5-6-13(17)18/h2-9,15H,1H3,(H,17,18). The zero-order chi connectivity index (χ0) is 15.5. The largest absolute Gasteiger partial charge is 0.478 e. The van der Waals surface area contributed by atoms with E-state index in [1.807, 2.05) is 0 Å². The fraction of sp³-hybridized carbons (Fsp3) is 0.0769. The maximum atomic E-state index is 12.1. The summed E-state index contributed by atoms with van der Waals surface area (Å²) in [6, 6.07) is 6.38. The third-order valence-corrected chi connectivity index (χ3v) is 3.78. The fourth-order valence-electron chi connectivity index (χ4n) is 1.61. The van der Waals surface area contributed by atoms with Crippen molar-refractivity contribution < 1.29 is 18.3 Å². The van der Waals surface area contributed by atoms with E-state index in [4.69, 9.17) is 5.11 Å². The van der Waals surface area contributed by atoms with E-state index in [0.717, 1.165) is 6.08 Å². The van der Waals surface area contributed by atoms with Gasteiger partial charge in [-0.2, -0.15) is 8.42 Å². The molecule has 0 radical (unpaired) electrons. The van der Waals surface area contributed by atoms with E-state index in [2.05, 4.69) is 9.71 Å². The average Bonchev–Trinajstić information content (AvgIpc) is 2.84. The molecular weight excluding hydrogens is 294 g/mol. The van der Waals surface area contributed by atoms with Gasteiger partial charge in [0, 0.05) is 25.0 Å². The van der Waals surface area contributed by atoms with E-state index in [9.17, 15) is 13.2 Å². The first-order chi connectivity index (χ1) is 9.87. The first-order valence-corrected chi connectivity index (χ1v) is 7.37. The van der Waals surface area contributed by atoms with Crippen LogP contribution in [0, 0.1) is 0 Å². The molecule has 8 heteroatoms. The van der Waals surface area contributed by atoms with Crippen molar-refractivity contribution in [3.63, 3.8) is 0 Å². The van der Waals surface area contributed by atoms with Crippen LogP contribution in [0.25, 0.3) is 6.08 Å². The van der Waals surface area contributed by atoms with E-state index in [1.54, 1.807) is 25.2 Å². The second-order valence-electron chi connectivity index (χ2n) is 4.28. The number of carbonyl (C=O) groups is 1. The second kappa shape index (κ2) is 5.80. The summed E-state index contributed by atoms with van der Waals surface area (Å²) in [5.74, 6) is -1.07. The number of nitrogens with zero attached hydrogens (tertiary/aromatic N) is 2. The Morgan fingerprint density at radius 3 is 2.81 bits per heavy atom. The molecule has 7 nitrogen and oxygen atoms in total. The van der Waals surface area contributed by atoms with Gasteiger partial charge in [-0.1, -0.05) is 12.1 Å². The van der Waals surface area contributed by atoms with Gasteiger partial charge in [0.2, 0.25) is 0 Å². The highest BCUT2D eigenvalue weighted by atomic mass is 32.2. The van der Waals surface area contributed by atoms with Crippen LogP contribution in [0.15, 0.2) is 47.9 Å². The summed E-state index contributed by atoms with van der Waals surface area (Å²) in [6.45, 7) is 0. The Labute approximate surface area is 121 Å². The predicted octanol–water partition coefficient (Wildman–Crippen LogP) is 1.32. The maximum Gasteiger partial charge on any atom is 0.328 e. The van der Waals surface area contributed by atoms with Crippen LogP contribution < -0.4 is 4.72 Å². The molecule has 110 valence electrons. The second-order valence-corrected chi connectivity index (χ2v) is 5.91. The van der Waals surface area contributed by atoms with Crippen LogP contribution >= 0.6 is 0 Å². The van der Waals surface area contributed by atoms with Crippen molar-refractivity contribution in [3.8, 4) is 0 Å². The number of anilines is 1. The van der Waals surface area contributed by atoms with Crippen molar-refractivity contribution in [2.24, 2.45) is 7.05 Å². The van der Waals surface area contributed by atoms with Crippen molar-refractivity contribution >= 4 is 27.8 Å². The molecule has 0 fully saturated rings. The summed E-state index contributed by atoms with van der Waals surface area (Å²) in [5, 5.41) is 8.49. The van der Waals surface area contributed by atoms with Crippen molar-refractivity contribution in [1.82, 2.24) is 9.55 Å². The summed E-state index contributed by atoms with van der Waals surface area (Å²) in [4.78, 5) is 14.3. The van der Waals surface area contributed by atoms with Gasteiger partial charge in [-0.15, -0.1) is 0 Å². The molecule has 0 spiro atoms. The van der Waals surface area contributed by atoms with Gasteiger partial charge in [0.15, 0.2) is 5.03 Å². The van der Waals surface area contributed by atoms with Crippen LogP contribution in [0.2, 0.25) is 0 Å². The predicted molar refractivity (Wildman–Crippen MR) is 77.1 cm³/mol. The summed E-state index contributed by atoms with van der Waals surface area (Å²) >= 11 is 0. The molecule has 1 aromatic carbocycles. The normalized spacial score (nSPS) is 11.7. The van der Waals surface area contributed by atoms with Crippen molar-refractivity contribution in [1.29, 1.82) is 0 Å². The van der Waals surface area contributed by atoms with Crippen LogP contribution in [0.4, 0.5) is 5.69 Å². The molecule has 2 N–H and O–H groups in total. The lowest BCUT2D eigenvalue weighted by Gasteiger charge is -2.06. The summed E-state index contributed by atoms with van der Waals surface area (Å²) in [5.41, 5.74) is 0.895. The smallest absolute Gasteiger partial charge is 0.328 e. The highest BCUT2D eigenvalue weighted by Crippen LogP contribution is 2.16. The fourth-order valence-corrected chi connectivity index (χ4v) is 2.64. The molecule has 2 rings (SSSR count). The van der Waals surface area contributed by atoms with Gasteiger partial charge in [0.1, 0.15) is 0 Å². The molecule has 0 aliphatic rings. The van der Waals surface area contributed by atoms with Crippen LogP contribution in [-0.4, -0.2) is 29.0 Å². The van der Waals surface area contributed by atoms with Crippen LogP contribution in [0.3, 0.4) is 0 Å². The molecule has 0 aliphatic heterocycles. The number of aryl methyl sites for hydroxylation is 1. The number of aromatic nitrogens is 2. The Kier molecular flexibility index (Phi) is 4.08. The molecule has 0 amide bonds. The van der Waals surface area contributed by atoms with Gasteiger partial charge in [-0.3, -0.25) is 4.72 Å². The number of nitrogens with one attached hydrogen (secondary N) is 1. The first kappa shape index (κ1) is 14.8. The minimum Gasteiger partial charge on any atom is -0.478 e. The summed E-state index contributed by atoms with van der Waals surface area (Å²) < 4.78 is 28.1. The lowest BCUT2D eigenvalue weighted by molar-refractivity contribution is -0.131. The highest BCUT2D eigenvalue weighted by molar-refractivity contribution is 7.92. The van der Waals surface area contributed by atoms with E-state index in [-0.39, 0.29) is 5.03 Å². The molecule has 0 saturated heterocycles. The Morgan fingerprint density at radius 2 is 2.19 bits per heavy atom. The topological polar surface area (TPSA) is 101 Å². The van der Waals surface area contributed by atoms with Gasteiger partial charge < -0.3 is 9.67 Å². The number of carboxylic acids is 1. The van der Waals surface area contributed by atoms with Crippen molar-refractivity contribution in [2.45, 2.75) is 5.03 Å². The molecule has 1 heterocycles. The van der Waals surface area contributed by atoms with Gasteiger partial charge in [-0.25, -0.2) is 9.78 Å². The average molecular weight is 307 g/mol. The Hall–Kier alpha value is -2.61. The molecule has 0 saturated carbocycles. The highest BCUT2D eigenvalue weighted by Gasteiger charge is 2.16. The van der Waals surface area contributed by atoms with Crippen LogP contribution in [-0.2, 0) is 21.9 Å². The summed E-state index contributed by atoms with van der Waals surface area (Å²) in [7, 11) is -2.09. The van der Waals surface area contributed by atoms with E-state index in [1.165, 1.54) is 29.2 Å². The summed E-state index contributed by atoms with van der Waals surface area (Å²) in [6.07, 6.45) is 5.13. The monoisotopic (exact) mass is 307 g/mol. The third-order valence-electron chi connectivity index (χ3n) is 2.51. The van der Waals surface area contributed by atoms with E-state index < -0.39 is 16.0 Å². The number of rotatable bonds is 5. The number of carboxylic acid groups (broad SMARTS) is 1. The maximum absolute atomic E-state index is 12.1. The quantitative estimate of drug-likeness (QED) is 0.811. The van der Waals surface area contributed by atoms with Gasteiger partial charge in [0.25, 0.3) is 10.0 Å². The number of hydrogen-bond acceptors (Lipinski definition) is 4. The Bertz CT molecular complexity index is 793. The molecular formula is C13H13N3O4S. The van der Waals surface area contributed by atoms with Crippen molar-refractivity contribution in [2.75, 3.05) is 4.72 Å². The third kappa shape index (κ3) is 3.93. The van der Waals surface area contributed by atoms with E-state index >= 15 is 0 Å². The zero-order valence-electron chi connectivity index (χ0n) is 11.1. The zero-order valence-corrected chi connectivity index (χ0v) is 11.9. The van der Waals surface area contributed by atoms with Gasteiger partial charge in [0.05, 0.1) is 6.33 Å². The molecule has 21 heavy (non-hydrogen) atoms. The Morgan fingerprint density at radius 1 is 1.43 bits per heavy atom. The minimum atomic E-state index is -3.76. The number of aliphatic carboxylic acids is 1. The van der Waals surface area contributed by atoms with Gasteiger partial charge in [-0.05, 0) is 23.8 Å². The molecule has 1 aromatic heterocycles. The number of imidazole rings is 1. The lowest BCUT2D eigenvalue weighted by Crippen LogP contribution is -2.13. The van der Waals surface area contributed by atoms with E-state index in [0.29, 0.717) is 11.3 Å². The molecule has 0 atom stereocenters. The number of sulfonamides is 1. The SMILES string of the molecule is Cn1cnc(S(=O)(=O)Nc2cccc(C=CC(=O)O)c2)c1. The van der Waals surface area contributed by atoms with Crippen LogP contribution in [0.5, 0.6) is 0 Å². The molecule has 2 aromatic rings. The number of benzene rings is 1. The molecule has 0 bridgehead atoms. The van der Waals surface area contributed by atoms with Gasteiger partial charge >= 0.3 is 5.97 Å². The first-order valence-electron chi connectivity index (χ1n) is 5.89. The number of hydrogen-bond donors (Lipinski definition) is 2. The van der Waals surface area contributed by atoms with Crippen molar-refractivity contribution in [3.05, 3.63) is 48.4 Å².